The number of phenols is 1. The van der Waals surface area contributed by atoms with Gasteiger partial charge in [-0.25, -0.2) is 4.79 Å². The summed E-state index contributed by atoms with van der Waals surface area (Å²) < 4.78 is 5.94. The van der Waals surface area contributed by atoms with Crippen LogP contribution in [0.3, 0.4) is 0 Å². The number of carboxylic acids is 1. The molecule has 2 N–H and O–H groups in total. The molecular weight excluding hydrogens is 416 g/mol. The van der Waals surface area contributed by atoms with Gasteiger partial charge in [-0.3, -0.25) is 4.79 Å². The van der Waals surface area contributed by atoms with Gasteiger partial charge in [-0.2, -0.15) is 0 Å². The van der Waals surface area contributed by atoms with E-state index in [4.69, 9.17) is 9.84 Å². The standard InChI is InChI=1S/C28H38O5/c1-18(17-26(30)31)5-12-22-19(2)6-14-24-23(22)13-15-25(28(24,3)4)33-27(32)16-9-20-7-10-21(29)11-8-20/h6-11,16,18,22-25,29H,5,12-15,17H2,1-4H3,(H,30,31). The van der Waals surface area contributed by atoms with Crippen LogP contribution in [0.1, 0.15) is 71.8 Å². The maximum absolute atomic E-state index is 12.6. The number of benzene rings is 1. The summed E-state index contributed by atoms with van der Waals surface area (Å²) in [6.45, 7) is 8.70. The van der Waals surface area contributed by atoms with Crippen LogP contribution in [0.2, 0.25) is 0 Å². The van der Waals surface area contributed by atoms with Crippen molar-refractivity contribution in [1.82, 2.24) is 0 Å². The van der Waals surface area contributed by atoms with E-state index in [9.17, 15) is 14.7 Å². The number of hydrogen-bond acceptors (Lipinski definition) is 4. The van der Waals surface area contributed by atoms with Crippen LogP contribution in [0.5, 0.6) is 5.75 Å². The second-order valence-corrected chi connectivity index (χ2v) is 10.6. The number of aliphatic carboxylic acids is 1. The molecule has 5 atom stereocenters. The quantitative estimate of drug-likeness (QED) is 0.276. The van der Waals surface area contributed by atoms with E-state index in [1.807, 2.05) is 6.92 Å². The minimum atomic E-state index is -0.723. The lowest BCUT2D eigenvalue weighted by molar-refractivity contribution is -0.160. The fraction of sp³-hybridized carbons (Fsp3) is 0.571. The van der Waals surface area contributed by atoms with Crippen LogP contribution in [0.25, 0.3) is 6.08 Å². The highest BCUT2D eigenvalue weighted by molar-refractivity contribution is 5.87. The van der Waals surface area contributed by atoms with Gasteiger partial charge in [0.15, 0.2) is 0 Å². The van der Waals surface area contributed by atoms with Gasteiger partial charge in [-0.05, 0) is 86.5 Å². The molecule has 0 saturated heterocycles. The number of fused-ring (bicyclic) bond motifs is 1. The minimum absolute atomic E-state index is 0.130. The van der Waals surface area contributed by atoms with Crippen LogP contribution in [-0.2, 0) is 14.3 Å². The molecule has 0 aliphatic heterocycles. The molecule has 2 aliphatic carbocycles. The van der Waals surface area contributed by atoms with E-state index in [-0.39, 0.29) is 35.6 Å². The van der Waals surface area contributed by atoms with E-state index in [0.717, 1.165) is 37.7 Å². The van der Waals surface area contributed by atoms with Gasteiger partial charge in [0.2, 0.25) is 0 Å². The van der Waals surface area contributed by atoms with E-state index >= 15 is 0 Å². The molecule has 5 unspecified atom stereocenters. The van der Waals surface area contributed by atoms with Crippen molar-refractivity contribution in [2.45, 2.75) is 72.3 Å². The highest BCUT2D eigenvalue weighted by Crippen LogP contribution is 2.54. The molecule has 1 aromatic carbocycles. The predicted molar refractivity (Wildman–Crippen MR) is 130 cm³/mol. The molecule has 0 heterocycles. The van der Waals surface area contributed by atoms with Gasteiger partial charge in [0.1, 0.15) is 11.9 Å². The zero-order chi connectivity index (χ0) is 24.2. The molecule has 0 bridgehead atoms. The SMILES string of the molecule is CC1=CCC2C(CCC(OC(=O)C=Cc3ccc(O)cc3)C2(C)C)C1CCC(C)CC(=O)O. The van der Waals surface area contributed by atoms with Gasteiger partial charge >= 0.3 is 11.9 Å². The number of phenolic OH excluding ortho intramolecular Hbond substituents is 1. The molecule has 0 spiro atoms. The fourth-order valence-electron chi connectivity index (χ4n) is 5.92. The summed E-state index contributed by atoms with van der Waals surface area (Å²) in [6, 6.07) is 6.68. The van der Waals surface area contributed by atoms with Gasteiger partial charge in [0.05, 0.1) is 0 Å². The number of ether oxygens (including phenoxy) is 1. The summed E-state index contributed by atoms with van der Waals surface area (Å²) in [4.78, 5) is 23.6. The van der Waals surface area contributed by atoms with Crippen LogP contribution in [0.15, 0.2) is 42.0 Å². The van der Waals surface area contributed by atoms with Crippen molar-refractivity contribution in [2.75, 3.05) is 0 Å². The maximum Gasteiger partial charge on any atom is 0.331 e. The molecule has 5 nitrogen and oxygen atoms in total. The monoisotopic (exact) mass is 454 g/mol. The number of esters is 1. The summed E-state index contributed by atoms with van der Waals surface area (Å²) in [5.41, 5.74) is 2.13. The van der Waals surface area contributed by atoms with Gasteiger partial charge in [0, 0.05) is 17.9 Å². The summed E-state index contributed by atoms with van der Waals surface area (Å²) in [6.07, 6.45) is 10.4. The summed E-state index contributed by atoms with van der Waals surface area (Å²) >= 11 is 0. The molecule has 0 amide bonds. The molecule has 1 saturated carbocycles. The van der Waals surface area contributed by atoms with Crippen LogP contribution in [-0.4, -0.2) is 28.3 Å². The zero-order valence-corrected chi connectivity index (χ0v) is 20.3. The highest BCUT2D eigenvalue weighted by atomic mass is 16.5. The van der Waals surface area contributed by atoms with Crippen molar-refractivity contribution in [3.05, 3.63) is 47.6 Å². The molecule has 1 fully saturated rings. The van der Waals surface area contributed by atoms with E-state index in [0.29, 0.717) is 17.8 Å². The maximum atomic E-state index is 12.6. The van der Waals surface area contributed by atoms with Crippen molar-refractivity contribution in [1.29, 1.82) is 0 Å². The number of hydrogen-bond donors (Lipinski definition) is 2. The Kier molecular flexibility index (Phi) is 8.04. The number of carboxylic acid groups (broad SMARTS) is 1. The van der Waals surface area contributed by atoms with Crippen LogP contribution in [0, 0.1) is 29.1 Å². The number of carbonyl (C=O) groups excluding carboxylic acids is 1. The Hall–Kier alpha value is -2.56. The molecule has 2 aliphatic rings. The number of allylic oxidation sites excluding steroid dienone is 2. The molecule has 180 valence electrons. The molecule has 3 rings (SSSR count). The Bertz CT molecular complexity index is 895. The number of carbonyl (C=O) groups is 2. The van der Waals surface area contributed by atoms with Gasteiger partial charge in [-0.1, -0.05) is 44.6 Å². The van der Waals surface area contributed by atoms with Crippen molar-refractivity contribution < 1.29 is 24.5 Å². The lowest BCUT2D eigenvalue weighted by atomic mass is 9.54. The first-order valence-electron chi connectivity index (χ1n) is 12.1. The molecule has 1 aromatic rings. The number of aromatic hydroxyl groups is 1. The van der Waals surface area contributed by atoms with Gasteiger partial charge < -0.3 is 14.9 Å². The molecule has 33 heavy (non-hydrogen) atoms. The Labute approximate surface area is 197 Å². The minimum Gasteiger partial charge on any atom is -0.508 e. The third kappa shape index (κ3) is 6.27. The van der Waals surface area contributed by atoms with Crippen molar-refractivity contribution in [3.63, 3.8) is 0 Å². The zero-order valence-electron chi connectivity index (χ0n) is 20.3. The average Bonchev–Trinajstić information content (AvgIpc) is 2.74. The second-order valence-electron chi connectivity index (χ2n) is 10.6. The summed E-state index contributed by atoms with van der Waals surface area (Å²) in [5, 5.41) is 18.5. The first-order chi connectivity index (χ1) is 15.6. The topological polar surface area (TPSA) is 83.8 Å². The van der Waals surface area contributed by atoms with Crippen molar-refractivity contribution >= 4 is 18.0 Å². The fourth-order valence-corrected chi connectivity index (χ4v) is 5.92. The highest BCUT2D eigenvalue weighted by Gasteiger charge is 2.50. The molecule has 0 aromatic heterocycles. The largest absolute Gasteiger partial charge is 0.508 e. The smallest absolute Gasteiger partial charge is 0.331 e. The Morgan fingerprint density at radius 2 is 1.91 bits per heavy atom. The first kappa shape index (κ1) is 25.1. The van der Waals surface area contributed by atoms with Gasteiger partial charge in [-0.15, -0.1) is 0 Å². The lowest BCUT2D eigenvalue weighted by Crippen LogP contribution is -2.49. The Morgan fingerprint density at radius 1 is 1.21 bits per heavy atom. The van der Waals surface area contributed by atoms with Crippen LogP contribution >= 0.6 is 0 Å². The summed E-state index contributed by atoms with van der Waals surface area (Å²) in [5.74, 6) is 0.782. The average molecular weight is 455 g/mol. The van der Waals surface area contributed by atoms with E-state index in [1.54, 1.807) is 30.3 Å². The lowest BCUT2D eigenvalue weighted by Gasteiger charge is -2.52. The number of rotatable bonds is 8. The molecular formula is C28H38O5. The van der Waals surface area contributed by atoms with Crippen molar-refractivity contribution in [2.24, 2.45) is 29.1 Å². The second kappa shape index (κ2) is 10.6. The van der Waals surface area contributed by atoms with E-state index in [1.165, 1.54) is 11.6 Å². The molecule has 5 heteroatoms. The first-order valence-corrected chi connectivity index (χ1v) is 12.1. The predicted octanol–water partition coefficient (Wildman–Crippen LogP) is 6.23. The van der Waals surface area contributed by atoms with E-state index < -0.39 is 5.97 Å². The van der Waals surface area contributed by atoms with Crippen molar-refractivity contribution in [3.8, 4) is 5.75 Å². The Morgan fingerprint density at radius 3 is 2.58 bits per heavy atom. The Balaban J connectivity index is 1.63. The third-order valence-electron chi connectivity index (χ3n) is 7.92. The summed E-state index contributed by atoms with van der Waals surface area (Å²) in [7, 11) is 0. The third-order valence-corrected chi connectivity index (χ3v) is 7.92. The molecule has 0 radical (unpaired) electrons. The van der Waals surface area contributed by atoms with Gasteiger partial charge in [0.25, 0.3) is 0 Å². The van der Waals surface area contributed by atoms with Crippen LogP contribution < -0.4 is 0 Å². The van der Waals surface area contributed by atoms with Crippen LogP contribution in [0.4, 0.5) is 0 Å². The normalized spacial score (nSPS) is 27.5. The van der Waals surface area contributed by atoms with E-state index in [2.05, 4.69) is 26.8 Å².